The van der Waals surface area contributed by atoms with E-state index in [9.17, 15) is 18.8 Å². The first-order valence-electron chi connectivity index (χ1n) is 10.8. The lowest BCUT2D eigenvalue weighted by Crippen LogP contribution is -2.45. The lowest BCUT2D eigenvalue weighted by molar-refractivity contribution is -0.118. The highest BCUT2D eigenvalue weighted by Gasteiger charge is 2.24. The van der Waals surface area contributed by atoms with Crippen molar-refractivity contribution in [1.82, 2.24) is 15.5 Å². The summed E-state index contributed by atoms with van der Waals surface area (Å²) in [7, 11) is 0. The first kappa shape index (κ1) is 24.6. The van der Waals surface area contributed by atoms with Crippen molar-refractivity contribution >= 4 is 35.1 Å². The van der Waals surface area contributed by atoms with E-state index in [2.05, 4.69) is 20.8 Å². The van der Waals surface area contributed by atoms with Gasteiger partial charge in [0.05, 0.1) is 16.3 Å². The molecule has 0 bridgehead atoms. The number of nitrogens with zero attached hydrogens (tertiary/aromatic N) is 1. The molecule has 1 aromatic heterocycles. The van der Waals surface area contributed by atoms with Gasteiger partial charge in [0, 0.05) is 17.7 Å². The van der Waals surface area contributed by atoms with Crippen LogP contribution in [0.15, 0.2) is 78.9 Å². The Kier molecular flexibility index (Phi) is 7.41. The minimum absolute atomic E-state index is 0.0287. The number of hydrogen-bond acceptors (Lipinski definition) is 4. The van der Waals surface area contributed by atoms with Gasteiger partial charge in [0.2, 0.25) is 5.91 Å². The van der Waals surface area contributed by atoms with Crippen LogP contribution in [-0.4, -0.2) is 39.1 Å². The summed E-state index contributed by atoms with van der Waals surface area (Å²) in [5.41, 5.74) is 1.60. The van der Waals surface area contributed by atoms with Crippen molar-refractivity contribution in [2.24, 2.45) is 0 Å². The van der Waals surface area contributed by atoms with E-state index in [-0.39, 0.29) is 34.0 Å². The molecule has 0 saturated heterocycles. The maximum Gasteiger partial charge on any atom is 0.335 e. The molecule has 2 amide bonds. The number of carbonyl (C=O) groups is 3. The summed E-state index contributed by atoms with van der Waals surface area (Å²) in [6.45, 7) is 0. The van der Waals surface area contributed by atoms with Crippen LogP contribution in [0.2, 0.25) is 5.02 Å². The number of anilines is 1. The molecule has 0 radical (unpaired) electrons. The molecular weight excluding hydrogens is 487 g/mol. The molecular formula is C26H20ClFN4O4. The Morgan fingerprint density at radius 2 is 1.72 bits per heavy atom. The van der Waals surface area contributed by atoms with Crippen molar-refractivity contribution in [1.29, 1.82) is 0 Å². The van der Waals surface area contributed by atoms with Crippen LogP contribution in [0.5, 0.6) is 0 Å². The Morgan fingerprint density at radius 1 is 1.00 bits per heavy atom. The van der Waals surface area contributed by atoms with E-state index >= 15 is 0 Å². The van der Waals surface area contributed by atoms with Crippen LogP contribution in [0.4, 0.5) is 10.1 Å². The third kappa shape index (κ3) is 5.76. The molecule has 0 fully saturated rings. The summed E-state index contributed by atoms with van der Waals surface area (Å²) in [6, 6.07) is 19.6. The van der Waals surface area contributed by atoms with Crippen molar-refractivity contribution in [3.8, 4) is 11.3 Å². The summed E-state index contributed by atoms with van der Waals surface area (Å²) < 4.78 is 14.4. The molecule has 0 aliphatic rings. The predicted octanol–water partition coefficient (Wildman–Crippen LogP) is 4.55. The number of nitrogens with one attached hydrogen (secondary N) is 3. The maximum absolute atomic E-state index is 14.4. The molecule has 0 spiro atoms. The summed E-state index contributed by atoms with van der Waals surface area (Å²) in [5, 5.41) is 20.9. The third-order valence-corrected chi connectivity index (χ3v) is 5.65. The summed E-state index contributed by atoms with van der Waals surface area (Å²) in [6.07, 6.45) is 0.190. The maximum atomic E-state index is 14.4. The minimum atomic E-state index is -1.08. The van der Waals surface area contributed by atoms with E-state index in [0.717, 1.165) is 5.56 Å². The molecule has 8 nitrogen and oxygen atoms in total. The summed E-state index contributed by atoms with van der Waals surface area (Å²) >= 11 is 5.84. The number of carbonyl (C=O) groups excluding carboxylic acids is 2. The van der Waals surface area contributed by atoms with Gasteiger partial charge in [0.15, 0.2) is 5.82 Å². The first-order valence-corrected chi connectivity index (χ1v) is 11.2. The van der Waals surface area contributed by atoms with E-state index in [1.807, 2.05) is 30.3 Å². The normalized spacial score (nSPS) is 11.5. The zero-order valence-corrected chi connectivity index (χ0v) is 19.4. The molecule has 182 valence electrons. The number of carboxylic acid groups (broad SMARTS) is 1. The quantitative estimate of drug-likeness (QED) is 0.279. The molecule has 0 saturated carbocycles. The van der Waals surface area contributed by atoms with Gasteiger partial charge in [-0.1, -0.05) is 48.0 Å². The zero-order valence-electron chi connectivity index (χ0n) is 18.7. The van der Waals surface area contributed by atoms with E-state index in [1.54, 1.807) is 6.07 Å². The van der Waals surface area contributed by atoms with Gasteiger partial charge >= 0.3 is 5.97 Å². The number of aromatic carboxylic acids is 1. The van der Waals surface area contributed by atoms with Gasteiger partial charge in [-0.05, 0) is 48.0 Å². The van der Waals surface area contributed by atoms with Gasteiger partial charge in [-0.2, -0.15) is 5.10 Å². The fourth-order valence-electron chi connectivity index (χ4n) is 3.50. The highest BCUT2D eigenvalue weighted by molar-refractivity contribution is 6.31. The standard InChI is InChI=1S/C26H20ClFN4O4/c27-19-8-4-7-18(23(19)28)20-14-22(32-31-20)25(34)30-21(13-15-5-2-1-3-6-15)24(33)29-17-11-9-16(10-12-17)26(35)36/h1-12,14,21H,13H2,(H,29,33)(H,30,34)(H,31,32)(H,35,36)/t21-/m0/s1. The van der Waals surface area contributed by atoms with Crippen LogP contribution in [0.3, 0.4) is 0 Å². The predicted molar refractivity (Wildman–Crippen MR) is 132 cm³/mol. The number of aromatic nitrogens is 2. The Morgan fingerprint density at radius 3 is 2.42 bits per heavy atom. The fraction of sp³-hybridized carbons (Fsp3) is 0.0769. The second-order valence-corrected chi connectivity index (χ2v) is 8.26. The van der Waals surface area contributed by atoms with E-state index in [4.69, 9.17) is 16.7 Å². The Balaban J connectivity index is 1.53. The van der Waals surface area contributed by atoms with Crippen molar-refractivity contribution in [3.05, 3.63) is 107 Å². The van der Waals surface area contributed by atoms with E-state index in [0.29, 0.717) is 5.69 Å². The number of rotatable bonds is 8. The molecule has 1 heterocycles. The molecule has 1 atom stereocenters. The first-order chi connectivity index (χ1) is 17.3. The number of H-pyrrole nitrogens is 1. The number of hydrogen-bond donors (Lipinski definition) is 4. The molecule has 10 heteroatoms. The number of halogens is 2. The van der Waals surface area contributed by atoms with Crippen molar-refractivity contribution in [2.75, 3.05) is 5.32 Å². The highest BCUT2D eigenvalue weighted by atomic mass is 35.5. The lowest BCUT2D eigenvalue weighted by Gasteiger charge is -2.18. The topological polar surface area (TPSA) is 124 Å². The monoisotopic (exact) mass is 506 g/mol. The Bertz CT molecular complexity index is 1410. The number of benzene rings is 3. The second kappa shape index (κ2) is 10.8. The van der Waals surface area contributed by atoms with Crippen molar-refractivity contribution in [2.45, 2.75) is 12.5 Å². The molecule has 4 N–H and O–H groups in total. The summed E-state index contributed by atoms with van der Waals surface area (Å²) in [4.78, 5) is 37.1. The van der Waals surface area contributed by atoms with Crippen LogP contribution >= 0.6 is 11.6 Å². The largest absolute Gasteiger partial charge is 0.478 e. The SMILES string of the molecule is O=C(O)c1ccc(NC(=O)[C@H](Cc2ccccc2)NC(=O)c2cc(-c3cccc(Cl)c3F)n[nH]2)cc1. The van der Waals surface area contributed by atoms with Gasteiger partial charge in [-0.25, -0.2) is 9.18 Å². The number of aromatic amines is 1. The lowest BCUT2D eigenvalue weighted by atomic mass is 10.0. The smallest absolute Gasteiger partial charge is 0.335 e. The highest BCUT2D eigenvalue weighted by Crippen LogP contribution is 2.26. The molecule has 4 aromatic rings. The van der Waals surface area contributed by atoms with Gasteiger partial charge in [-0.3, -0.25) is 14.7 Å². The zero-order chi connectivity index (χ0) is 25.7. The molecule has 36 heavy (non-hydrogen) atoms. The van der Waals surface area contributed by atoms with Crippen LogP contribution in [-0.2, 0) is 11.2 Å². The van der Waals surface area contributed by atoms with Crippen molar-refractivity contribution in [3.63, 3.8) is 0 Å². The second-order valence-electron chi connectivity index (χ2n) is 7.86. The van der Waals surface area contributed by atoms with E-state index in [1.165, 1.54) is 42.5 Å². The molecule has 0 aliphatic carbocycles. The number of amides is 2. The van der Waals surface area contributed by atoms with Gasteiger partial charge in [-0.15, -0.1) is 0 Å². The third-order valence-electron chi connectivity index (χ3n) is 5.35. The average Bonchev–Trinajstić information content (AvgIpc) is 3.36. The van der Waals surface area contributed by atoms with Crippen molar-refractivity contribution < 1.29 is 23.9 Å². The van der Waals surface area contributed by atoms with Crippen LogP contribution in [0, 0.1) is 5.82 Å². The van der Waals surface area contributed by atoms with Crippen LogP contribution in [0.25, 0.3) is 11.3 Å². The van der Waals surface area contributed by atoms with Crippen LogP contribution in [0.1, 0.15) is 26.4 Å². The van der Waals surface area contributed by atoms with Gasteiger partial charge in [0.25, 0.3) is 5.91 Å². The molecule has 4 rings (SSSR count). The average molecular weight is 507 g/mol. The number of carboxylic acids is 1. The molecule has 3 aromatic carbocycles. The van der Waals surface area contributed by atoms with Gasteiger partial charge < -0.3 is 15.7 Å². The fourth-order valence-corrected chi connectivity index (χ4v) is 3.67. The Labute approximate surface area is 210 Å². The summed E-state index contributed by atoms with van der Waals surface area (Å²) in [5.74, 6) is -2.86. The molecule has 0 aliphatic heterocycles. The Hall–Kier alpha value is -4.50. The van der Waals surface area contributed by atoms with E-state index < -0.39 is 29.6 Å². The minimum Gasteiger partial charge on any atom is -0.478 e. The molecule has 0 unspecified atom stereocenters. The van der Waals surface area contributed by atoms with Crippen LogP contribution < -0.4 is 10.6 Å². The van der Waals surface area contributed by atoms with Gasteiger partial charge in [0.1, 0.15) is 11.7 Å².